The lowest BCUT2D eigenvalue weighted by Gasteiger charge is -2.21. The van der Waals surface area contributed by atoms with Crippen molar-refractivity contribution in [2.45, 2.75) is 51.4 Å². The van der Waals surface area contributed by atoms with Gasteiger partial charge in [0.1, 0.15) is 0 Å². The second kappa shape index (κ2) is 10.7. The number of hydrogen-bond donors (Lipinski definition) is 1. The highest BCUT2D eigenvalue weighted by molar-refractivity contribution is 5.84. The highest BCUT2D eigenvalue weighted by Gasteiger charge is 2.42. The number of hydrogen-bond acceptors (Lipinski definition) is 5. The molecule has 2 amide bonds. The number of benzene rings is 1. The monoisotopic (exact) mass is 432 g/mol. The first-order chi connectivity index (χ1) is 15.0. The number of carbonyl (C=O) groups excluding carboxylic acids is 2. The summed E-state index contributed by atoms with van der Waals surface area (Å²) < 4.78 is 16.5. The number of ether oxygens (including phenoxy) is 3. The van der Waals surface area contributed by atoms with Crippen molar-refractivity contribution in [1.29, 1.82) is 0 Å². The van der Waals surface area contributed by atoms with Crippen LogP contribution in [0.3, 0.4) is 0 Å². The van der Waals surface area contributed by atoms with Gasteiger partial charge in [-0.15, -0.1) is 0 Å². The van der Waals surface area contributed by atoms with Gasteiger partial charge in [0.2, 0.25) is 17.6 Å². The molecule has 1 saturated heterocycles. The molecule has 1 N–H and O–H groups in total. The fraction of sp³-hybridized carbons (Fsp3) is 0.667. The minimum absolute atomic E-state index is 0.00826. The van der Waals surface area contributed by atoms with E-state index >= 15 is 0 Å². The fourth-order valence-corrected chi connectivity index (χ4v) is 4.85. The molecule has 2 atom stereocenters. The van der Waals surface area contributed by atoms with Gasteiger partial charge in [0.05, 0.1) is 27.2 Å². The smallest absolute Gasteiger partial charge is 0.225 e. The number of rotatable bonds is 9. The van der Waals surface area contributed by atoms with Gasteiger partial charge in [0.25, 0.3) is 0 Å². The van der Waals surface area contributed by atoms with Crippen LogP contribution in [-0.4, -0.2) is 57.7 Å². The van der Waals surface area contributed by atoms with Crippen LogP contribution in [0.4, 0.5) is 0 Å². The normalized spacial score (nSPS) is 21.2. The fourth-order valence-electron chi connectivity index (χ4n) is 4.85. The van der Waals surface area contributed by atoms with E-state index in [9.17, 15) is 9.59 Å². The highest BCUT2D eigenvalue weighted by Crippen LogP contribution is 2.43. The zero-order chi connectivity index (χ0) is 22.4. The van der Waals surface area contributed by atoms with Gasteiger partial charge in [0, 0.05) is 31.5 Å². The van der Waals surface area contributed by atoms with E-state index in [2.05, 4.69) is 12.2 Å². The summed E-state index contributed by atoms with van der Waals surface area (Å²) in [5, 5.41) is 3.07. The summed E-state index contributed by atoms with van der Waals surface area (Å²) in [4.78, 5) is 28.1. The second-order valence-corrected chi connectivity index (χ2v) is 8.54. The van der Waals surface area contributed by atoms with Crippen molar-refractivity contribution in [1.82, 2.24) is 10.2 Å². The van der Waals surface area contributed by atoms with Crippen LogP contribution in [0.5, 0.6) is 17.2 Å². The number of carbonyl (C=O) groups is 2. The summed E-state index contributed by atoms with van der Waals surface area (Å²) in [6, 6.07) is 3.81. The molecule has 0 unspecified atom stereocenters. The summed E-state index contributed by atoms with van der Waals surface area (Å²) in [5.41, 5.74) is 0.923. The van der Waals surface area contributed by atoms with E-state index in [-0.39, 0.29) is 29.6 Å². The molecule has 1 aromatic rings. The average molecular weight is 433 g/mol. The largest absolute Gasteiger partial charge is 0.493 e. The standard InChI is InChI=1S/C24H36N2O5/c1-5-6-11-25-23(27)19-15-26(24(28)16-9-7-8-10-16)14-18(19)17-12-20(29-2)22(31-4)21(13-17)30-3/h12-13,16,18-19H,5-11,14-15H2,1-4H3,(H,25,27)/t18-,19+/m1/s1. The molecule has 31 heavy (non-hydrogen) atoms. The van der Waals surface area contributed by atoms with Crippen LogP contribution in [-0.2, 0) is 9.59 Å². The molecule has 1 aliphatic carbocycles. The van der Waals surface area contributed by atoms with Crippen LogP contribution in [0.2, 0.25) is 0 Å². The summed E-state index contributed by atoms with van der Waals surface area (Å²) in [7, 11) is 4.74. The first-order valence-electron chi connectivity index (χ1n) is 11.4. The average Bonchev–Trinajstić information content (AvgIpc) is 3.48. The summed E-state index contributed by atoms with van der Waals surface area (Å²) in [6.07, 6.45) is 6.10. The lowest BCUT2D eigenvalue weighted by molar-refractivity contribution is -0.134. The van der Waals surface area contributed by atoms with Gasteiger partial charge < -0.3 is 24.4 Å². The van der Waals surface area contributed by atoms with Crippen LogP contribution in [0.15, 0.2) is 12.1 Å². The van der Waals surface area contributed by atoms with Crippen molar-refractivity contribution in [2.24, 2.45) is 11.8 Å². The second-order valence-electron chi connectivity index (χ2n) is 8.54. The SMILES string of the molecule is CCCCNC(=O)[C@H]1CN(C(=O)C2CCCC2)C[C@@H]1c1cc(OC)c(OC)c(OC)c1. The third kappa shape index (κ3) is 5.08. The topological polar surface area (TPSA) is 77.1 Å². The molecule has 1 heterocycles. The van der Waals surface area contributed by atoms with Crippen LogP contribution in [0.25, 0.3) is 0 Å². The van der Waals surface area contributed by atoms with Crippen molar-refractivity contribution in [3.05, 3.63) is 17.7 Å². The van der Waals surface area contributed by atoms with E-state index in [1.165, 1.54) is 0 Å². The molecule has 0 bridgehead atoms. The molecular formula is C24H36N2O5. The molecule has 0 radical (unpaired) electrons. The van der Waals surface area contributed by atoms with Gasteiger partial charge in [-0.25, -0.2) is 0 Å². The van der Waals surface area contributed by atoms with E-state index in [0.717, 1.165) is 44.1 Å². The maximum absolute atomic E-state index is 13.1. The van der Waals surface area contributed by atoms with Crippen molar-refractivity contribution >= 4 is 11.8 Å². The number of likely N-dealkylation sites (tertiary alicyclic amines) is 1. The maximum atomic E-state index is 13.1. The molecule has 0 aromatic heterocycles. The quantitative estimate of drug-likeness (QED) is 0.606. The van der Waals surface area contributed by atoms with Gasteiger partial charge in [0.15, 0.2) is 11.5 Å². The molecule has 7 nitrogen and oxygen atoms in total. The molecule has 1 aromatic carbocycles. The Hall–Kier alpha value is -2.44. The molecule has 2 aliphatic rings. The van der Waals surface area contributed by atoms with Crippen LogP contribution in [0.1, 0.15) is 56.9 Å². The third-order valence-corrected chi connectivity index (χ3v) is 6.62. The Morgan fingerprint density at radius 2 is 1.68 bits per heavy atom. The molecule has 172 valence electrons. The van der Waals surface area contributed by atoms with Crippen molar-refractivity contribution in [3.63, 3.8) is 0 Å². The number of methoxy groups -OCH3 is 3. The van der Waals surface area contributed by atoms with Crippen molar-refractivity contribution in [3.8, 4) is 17.2 Å². The van der Waals surface area contributed by atoms with Gasteiger partial charge >= 0.3 is 0 Å². The van der Waals surface area contributed by atoms with Crippen molar-refractivity contribution in [2.75, 3.05) is 41.0 Å². The van der Waals surface area contributed by atoms with Gasteiger partial charge in [-0.05, 0) is 37.0 Å². The Morgan fingerprint density at radius 1 is 1.03 bits per heavy atom. The maximum Gasteiger partial charge on any atom is 0.225 e. The Balaban J connectivity index is 1.90. The number of amides is 2. The lowest BCUT2D eigenvalue weighted by Crippen LogP contribution is -2.37. The minimum Gasteiger partial charge on any atom is -0.493 e. The number of nitrogens with zero attached hydrogens (tertiary/aromatic N) is 1. The van der Waals surface area contributed by atoms with E-state index < -0.39 is 0 Å². The molecule has 3 rings (SSSR count). The van der Waals surface area contributed by atoms with Gasteiger partial charge in [-0.3, -0.25) is 9.59 Å². The van der Waals surface area contributed by atoms with Gasteiger partial charge in [-0.1, -0.05) is 26.2 Å². The molecule has 0 spiro atoms. The predicted octanol–water partition coefficient (Wildman–Crippen LogP) is 3.36. The summed E-state index contributed by atoms with van der Waals surface area (Å²) in [6.45, 7) is 3.74. The first kappa shape index (κ1) is 23.2. The van der Waals surface area contributed by atoms with E-state index in [1.807, 2.05) is 17.0 Å². The molecule has 1 saturated carbocycles. The Bertz CT molecular complexity index is 750. The predicted molar refractivity (Wildman–Crippen MR) is 119 cm³/mol. The number of unbranched alkanes of at least 4 members (excludes halogenated alkanes) is 1. The van der Waals surface area contributed by atoms with Crippen molar-refractivity contribution < 1.29 is 23.8 Å². The van der Waals surface area contributed by atoms with Gasteiger partial charge in [-0.2, -0.15) is 0 Å². The molecular weight excluding hydrogens is 396 g/mol. The minimum atomic E-state index is -0.301. The first-order valence-corrected chi connectivity index (χ1v) is 11.4. The van der Waals surface area contributed by atoms with Crippen LogP contribution >= 0.6 is 0 Å². The van der Waals surface area contributed by atoms with Crippen LogP contribution < -0.4 is 19.5 Å². The molecule has 7 heteroatoms. The Morgan fingerprint density at radius 3 is 2.23 bits per heavy atom. The zero-order valence-corrected chi connectivity index (χ0v) is 19.2. The zero-order valence-electron chi connectivity index (χ0n) is 19.2. The highest BCUT2D eigenvalue weighted by atomic mass is 16.5. The lowest BCUT2D eigenvalue weighted by atomic mass is 9.88. The Labute approximate surface area is 185 Å². The third-order valence-electron chi connectivity index (χ3n) is 6.62. The number of nitrogens with one attached hydrogen (secondary N) is 1. The van der Waals surface area contributed by atoms with Crippen LogP contribution in [0, 0.1) is 11.8 Å². The van der Waals surface area contributed by atoms with E-state index in [4.69, 9.17) is 14.2 Å². The summed E-state index contributed by atoms with van der Waals surface area (Å²) >= 11 is 0. The Kier molecular flexibility index (Phi) is 8.04. The summed E-state index contributed by atoms with van der Waals surface area (Å²) in [5.74, 6) is 1.51. The van der Waals surface area contributed by atoms with E-state index in [1.54, 1.807) is 21.3 Å². The molecule has 2 fully saturated rings. The van der Waals surface area contributed by atoms with E-state index in [0.29, 0.717) is 36.9 Å². The molecule has 1 aliphatic heterocycles.